The molecular formula is C13H9F5N4O. The van der Waals surface area contributed by atoms with Crippen molar-refractivity contribution in [2.75, 3.05) is 5.73 Å². The van der Waals surface area contributed by atoms with Gasteiger partial charge in [0.1, 0.15) is 11.6 Å². The fourth-order valence-electron chi connectivity index (χ4n) is 1.83. The van der Waals surface area contributed by atoms with Crippen molar-refractivity contribution < 1.29 is 26.7 Å². The van der Waals surface area contributed by atoms with Crippen LogP contribution in [0.5, 0.6) is 0 Å². The molecule has 1 atom stereocenters. The lowest BCUT2D eigenvalue weighted by Crippen LogP contribution is -2.39. The Morgan fingerprint density at radius 3 is 2.22 bits per heavy atom. The van der Waals surface area contributed by atoms with Crippen molar-refractivity contribution >= 4 is 11.7 Å². The third-order valence-electron chi connectivity index (χ3n) is 2.83. The zero-order valence-electron chi connectivity index (χ0n) is 11.2. The number of nitrogen functional groups attached to an aromatic ring is 1. The van der Waals surface area contributed by atoms with E-state index in [0.29, 0.717) is 12.1 Å². The van der Waals surface area contributed by atoms with E-state index in [9.17, 15) is 26.7 Å². The number of carbonyl (C=O) groups excluding carboxylic acids is 1. The molecule has 23 heavy (non-hydrogen) atoms. The highest BCUT2D eigenvalue weighted by Crippen LogP contribution is 2.35. The molecule has 0 aliphatic carbocycles. The molecule has 0 saturated carbocycles. The topological polar surface area (TPSA) is 80.9 Å². The van der Waals surface area contributed by atoms with Gasteiger partial charge in [-0.25, -0.2) is 18.7 Å². The lowest BCUT2D eigenvalue weighted by atomic mass is 10.0. The average Bonchev–Trinajstić information content (AvgIpc) is 2.45. The molecule has 2 rings (SSSR count). The van der Waals surface area contributed by atoms with Gasteiger partial charge >= 0.3 is 6.18 Å². The number of halogens is 5. The van der Waals surface area contributed by atoms with Gasteiger partial charge in [0.15, 0.2) is 17.6 Å². The van der Waals surface area contributed by atoms with Gasteiger partial charge in [0.05, 0.1) is 5.56 Å². The smallest absolute Gasteiger partial charge is 0.382 e. The summed E-state index contributed by atoms with van der Waals surface area (Å²) < 4.78 is 66.6. The second-order valence-corrected chi connectivity index (χ2v) is 4.37. The number of anilines is 1. The summed E-state index contributed by atoms with van der Waals surface area (Å²) in [6.45, 7) is 0. The Kier molecular flexibility index (Phi) is 4.43. The van der Waals surface area contributed by atoms with E-state index in [1.165, 1.54) is 5.32 Å². The molecule has 0 radical (unpaired) electrons. The number of carbonyl (C=O) groups is 1. The van der Waals surface area contributed by atoms with Crippen LogP contribution in [0.1, 0.15) is 22.1 Å². The highest BCUT2D eigenvalue weighted by Gasteiger charge is 2.45. The van der Waals surface area contributed by atoms with Gasteiger partial charge in [-0.3, -0.25) is 4.79 Å². The number of benzene rings is 1. The molecule has 0 aliphatic rings. The minimum atomic E-state index is -5.14. The maximum atomic E-state index is 13.6. The van der Waals surface area contributed by atoms with Crippen LogP contribution in [0.25, 0.3) is 0 Å². The van der Waals surface area contributed by atoms with E-state index >= 15 is 0 Å². The highest BCUT2D eigenvalue weighted by molar-refractivity contribution is 5.96. The van der Waals surface area contributed by atoms with Crippen LogP contribution < -0.4 is 11.1 Å². The Morgan fingerprint density at radius 1 is 1.13 bits per heavy atom. The molecule has 1 aromatic heterocycles. The van der Waals surface area contributed by atoms with E-state index in [2.05, 4.69) is 9.97 Å². The Morgan fingerprint density at radius 2 is 1.70 bits per heavy atom. The normalized spacial score (nSPS) is 12.7. The summed E-state index contributed by atoms with van der Waals surface area (Å²) in [7, 11) is 0. The molecule has 122 valence electrons. The molecule has 5 nitrogen and oxygen atoms in total. The summed E-state index contributed by atoms with van der Waals surface area (Å²) in [5.74, 6) is -4.67. The van der Waals surface area contributed by atoms with Crippen molar-refractivity contribution in [3.63, 3.8) is 0 Å². The quantitative estimate of drug-likeness (QED) is 0.846. The van der Waals surface area contributed by atoms with Crippen LogP contribution in [-0.2, 0) is 0 Å². The highest BCUT2D eigenvalue weighted by atomic mass is 19.4. The van der Waals surface area contributed by atoms with E-state index in [0.717, 1.165) is 18.5 Å². The van der Waals surface area contributed by atoms with E-state index in [1.54, 1.807) is 0 Å². The number of nitrogens with one attached hydrogen (secondary N) is 1. The minimum Gasteiger partial charge on any atom is -0.382 e. The Bertz CT molecular complexity index is 714. The standard InChI is InChI=1S/C13H9F5N4O/c14-6-2-1-3-7(15)8(6)10(13(16,17)18)22-12(23)9-11(19)21-5-4-20-9/h1-5,10H,(H2,19,21)(H,22,23)/t10-/m1/s1. The molecule has 0 unspecified atom stereocenters. The van der Waals surface area contributed by atoms with Crippen molar-refractivity contribution in [1.29, 1.82) is 0 Å². The Balaban J connectivity index is 2.42. The first-order valence-corrected chi connectivity index (χ1v) is 6.09. The van der Waals surface area contributed by atoms with Gasteiger partial charge in [-0.2, -0.15) is 13.2 Å². The van der Waals surface area contributed by atoms with Gasteiger partial charge in [-0.1, -0.05) is 6.07 Å². The minimum absolute atomic E-state index is 0.417. The molecule has 0 fully saturated rings. The van der Waals surface area contributed by atoms with Crippen molar-refractivity contribution in [2.45, 2.75) is 12.2 Å². The van der Waals surface area contributed by atoms with Crippen LogP contribution in [0, 0.1) is 11.6 Å². The van der Waals surface area contributed by atoms with E-state index in [1.807, 2.05) is 0 Å². The Labute approximate surface area is 126 Å². The molecule has 1 heterocycles. The predicted octanol–water partition coefficient (Wildman–Crippen LogP) is 2.37. The zero-order valence-corrected chi connectivity index (χ0v) is 11.2. The first kappa shape index (κ1) is 16.6. The summed E-state index contributed by atoms with van der Waals surface area (Å²) in [6, 6.07) is -0.693. The summed E-state index contributed by atoms with van der Waals surface area (Å²) >= 11 is 0. The number of aromatic nitrogens is 2. The molecule has 10 heteroatoms. The van der Waals surface area contributed by atoms with Crippen LogP contribution in [-0.4, -0.2) is 22.1 Å². The molecule has 2 aromatic rings. The molecule has 0 aliphatic heterocycles. The van der Waals surface area contributed by atoms with E-state index in [-0.39, 0.29) is 0 Å². The molecular weight excluding hydrogens is 323 g/mol. The van der Waals surface area contributed by atoms with Gasteiger partial charge in [0.2, 0.25) is 0 Å². The van der Waals surface area contributed by atoms with Crippen LogP contribution in [0.2, 0.25) is 0 Å². The fourth-order valence-corrected chi connectivity index (χ4v) is 1.83. The van der Waals surface area contributed by atoms with Gasteiger partial charge in [-0.15, -0.1) is 0 Å². The second-order valence-electron chi connectivity index (χ2n) is 4.37. The lowest BCUT2D eigenvalue weighted by Gasteiger charge is -2.22. The van der Waals surface area contributed by atoms with Crippen molar-refractivity contribution in [2.24, 2.45) is 0 Å². The van der Waals surface area contributed by atoms with Crippen molar-refractivity contribution in [1.82, 2.24) is 15.3 Å². The zero-order chi connectivity index (χ0) is 17.2. The third-order valence-corrected chi connectivity index (χ3v) is 2.83. The van der Waals surface area contributed by atoms with Crippen LogP contribution in [0.3, 0.4) is 0 Å². The largest absolute Gasteiger partial charge is 0.413 e. The van der Waals surface area contributed by atoms with E-state index < -0.39 is 46.8 Å². The monoisotopic (exact) mass is 332 g/mol. The number of hydrogen-bond donors (Lipinski definition) is 2. The summed E-state index contributed by atoms with van der Waals surface area (Å²) in [4.78, 5) is 18.9. The maximum absolute atomic E-state index is 13.6. The van der Waals surface area contributed by atoms with Crippen molar-refractivity contribution in [3.05, 3.63) is 53.5 Å². The van der Waals surface area contributed by atoms with Gasteiger partial charge < -0.3 is 11.1 Å². The van der Waals surface area contributed by atoms with E-state index in [4.69, 9.17) is 5.73 Å². The number of hydrogen-bond acceptors (Lipinski definition) is 4. The molecule has 1 amide bonds. The molecule has 0 spiro atoms. The third kappa shape index (κ3) is 3.52. The van der Waals surface area contributed by atoms with Gasteiger partial charge in [0, 0.05) is 12.4 Å². The fraction of sp³-hybridized carbons (Fsp3) is 0.154. The first-order valence-electron chi connectivity index (χ1n) is 6.09. The number of rotatable bonds is 3. The number of nitrogens with zero attached hydrogens (tertiary/aromatic N) is 2. The van der Waals surface area contributed by atoms with Gasteiger partial charge in [-0.05, 0) is 12.1 Å². The summed E-state index contributed by atoms with van der Waals surface area (Å²) in [6.07, 6.45) is -2.98. The second kappa shape index (κ2) is 6.15. The lowest BCUT2D eigenvalue weighted by molar-refractivity contribution is -0.156. The van der Waals surface area contributed by atoms with Crippen molar-refractivity contribution in [3.8, 4) is 0 Å². The first-order chi connectivity index (χ1) is 10.7. The number of nitrogens with two attached hydrogens (primary N) is 1. The summed E-state index contributed by atoms with van der Waals surface area (Å²) in [5, 5.41) is 1.49. The van der Waals surface area contributed by atoms with Crippen LogP contribution in [0.15, 0.2) is 30.6 Å². The molecule has 1 aromatic carbocycles. The molecule has 3 N–H and O–H groups in total. The average molecular weight is 332 g/mol. The predicted molar refractivity (Wildman–Crippen MR) is 69.1 cm³/mol. The van der Waals surface area contributed by atoms with Crippen LogP contribution in [0.4, 0.5) is 27.8 Å². The van der Waals surface area contributed by atoms with Crippen LogP contribution >= 0.6 is 0 Å². The number of alkyl halides is 3. The number of amides is 1. The maximum Gasteiger partial charge on any atom is 0.413 e. The molecule has 0 saturated heterocycles. The SMILES string of the molecule is Nc1nccnc1C(=O)N[C@H](c1c(F)cccc1F)C(F)(F)F. The van der Waals surface area contributed by atoms with Gasteiger partial charge in [0.25, 0.3) is 5.91 Å². The Hall–Kier alpha value is -2.78. The molecule has 0 bridgehead atoms. The summed E-state index contributed by atoms with van der Waals surface area (Å²) in [5.41, 5.74) is 3.43.